The molecule has 0 atom stereocenters. The second-order valence-electron chi connectivity index (χ2n) is 6.70. The Labute approximate surface area is 173 Å². The van der Waals surface area contributed by atoms with Crippen molar-refractivity contribution in [3.8, 4) is 17.9 Å². The first-order valence-corrected chi connectivity index (χ1v) is 9.13. The summed E-state index contributed by atoms with van der Waals surface area (Å²) in [6, 6.07) is 12.7. The summed E-state index contributed by atoms with van der Waals surface area (Å²) in [7, 11) is 0. The lowest BCUT2D eigenvalue weighted by atomic mass is 10.1. The first kappa shape index (κ1) is 20.8. The second kappa shape index (κ2) is 9.02. The van der Waals surface area contributed by atoms with Crippen LogP contribution in [0.3, 0.4) is 0 Å². The van der Waals surface area contributed by atoms with Gasteiger partial charge in [-0.15, -0.1) is 0 Å². The molecule has 0 saturated carbocycles. The van der Waals surface area contributed by atoms with Crippen molar-refractivity contribution >= 4 is 5.69 Å². The molecule has 0 aliphatic heterocycles. The molecule has 5 nitrogen and oxygen atoms in total. The van der Waals surface area contributed by atoms with E-state index in [0.717, 1.165) is 28.8 Å². The lowest BCUT2D eigenvalue weighted by Crippen LogP contribution is -2.08. The third-order valence-corrected chi connectivity index (χ3v) is 4.65. The fourth-order valence-electron chi connectivity index (χ4n) is 2.98. The van der Waals surface area contributed by atoms with Crippen molar-refractivity contribution in [2.24, 2.45) is 0 Å². The molecule has 1 aromatic heterocycles. The lowest BCUT2D eigenvalue weighted by molar-refractivity contribution is 0.300. The van der Waals surface area contributed by atoms with Crippen LogP contribution in [0.5, 0.6) is 5.75 Å². The van der Waals surface area contributed by atoms with Gasteiger partial charge in [0.1, 0.15) is 30.1 Å². The molecule has 0 amide bonds. The molecule has 0 aliphatic carbocycles. The van der Waals surface area contributed by atoms with Gasteiger partial charge in [-0.05, 0) is 48.7 Å². The van der Waals surface area contributed by atoms with Crippen molar-refractivity contribution in [1.82, 2.24) is 4.98 Å². The number of benzene rings is 2. The van der Waals surface area contributed by atoms with Crippen LogP contribution in [-0.2, 0) is 13.2 Å². The Balaban J connectivity index is 1.77. The number of halogens is 2. The van der Waals surface area contributed by atoms with Gasteiger partial charge in [-0.2, -0.15) is 10.5 Å². The van der Waals surface area contributed by atoms with E-state index in [4.69, 9.17) is 15.3 Å². The van der Waals surface area contributed by atoms with Gasteiger partial charge in [0.15, 0.2) is 0 Å². The van der Waals surface area contributed by atoms with E-state index in [9.17, 15) is 8.78 Å². The van der Waals surface area contributed by atoms with Crippen LogP contribution in [0.1, 0.15) is 33.5 Å². The van der Waals surface area contributed by atoms with Crippen LogP contribution in [0.25, 0.3) is 0 Å². The number of ether oxygens (including phenoxy) is 1. The van der Waals surface area contributed by atoms with Gasteiger partial charge in [0.05, 0.1) is 28.6 Å². The highest BCUT2D eigenvalue weighted by atomic mass is 19.1. The number of nitrogens with zero attached hydrogens (tertiary/aromatic N) is 3. The Morgan fingerprint density at radius 2 is 1.87 bits per heavy atom. The number of nitrogens with one attached hydrogen (secondary N) is 1. The maximum atomic E-state index is 14.1. The summed E-state index contributed by atoms with van der Waals surface area (Å²) in [5, 5.41) is 20.6. The molecular weight excluding hydrogens is 386 g/mol. The third-order valence-electron chi connectivity index (χ3n) is 4.65. The monoisotopic (exact) mass is 404 g/mol. The molecule has 3 aromatic rings. The number of aromatic nitrogens is 1. The summed E-state index contributed by atoms with van der Waals surface area (Å²) in [6.07, 6.45) is 1.65. The standard InChI is InChI=1S/C23H18F2N4O/c1-14-19(12-29-22-8-20(24)18(10-27)7-21(22)25)11-28-15(2)23(14)30-13-17-5-3-4-16(6-17)9-26/h3-8,11,29H,12-13H2,1-2H3. The van der Waals surface area contributed by atoms with E-state index in [0.29, 0.717) is 17.0 Å². The predicted octanol–water partition coefficient (Wildman–Crippen LogP) is 4.91. The highest BCUT2D eigenvalue weighted by molar-refractivity contribution is 5.51. The SMILES string of the molecule is Cc1ncc(CNc2cc(F)c(C#N)cc2F)c(C)c1OCc1cccc(C#N)c1. The Bertz CT molecular complexity index is 1180. The fraction of sp³-hybridized carbons (Fsp3) is 0.174. The van der Waals surface area contributed by atoms with E-state index in [2.05, 4.69) is 16.4 Å². The largest absolute Gasteiger partial charge is 0.487 e. The molecule has 0 spiro atoms. The average molecular weight is 404 g/mol. The average Bonchev–Trinajstić information content (AvgIpc) is 2.75. The molecule has 7 heteroatoms. The molecule has 0 bridgehead atoms. The summed E-state index contributed by atoms with van der Waals surface area (Å²) >= 11 is 0. The molecule has 3 rings (SSSR count). The minimum absolute atomic E-state index is 0.0396. The topological polar surface area (TPSA) is 81.7 Å². The van der Waals surface area contributed by atoms with Crippen LogP contribution in [0.2, 0.25) is 0 Å². The van der Waals surface area contributed by atoms with Gasteiger partial charge >= 0.3 is 0 Å². The predicted molar refractivity (Wildman–Crippen MR) is 108 cm³/mol. The summed E-state index contributed by atoms with van der Waals surface area (Å²) in [6.45, 7) is 4.15. The maximum absolute atomic E-state index is 14.1. The third kappa shape index (κ3) is 4.53. The Morgan fingerprint density at radius 1 is 1.07 bits per heavy atom. The van der Waals surface area contributed by atoms with Gasteiger partial charge in [-0.3, -0.25) is 4.98 Å². The molecule has 150 valence electrons. The maximum Gasteiger partial charge on any atom is 0.147 e. The van der Waals surface area contributed by atoms with Gasteiger partial charge in [0.25, 0.3) is 0 Å². The molecule has 1 heterocycles. The van der Waals surface area contributed by atoms with Crippen LogP contribution in [0.15, 0.2) is 42.6 Å². The van der Waals surface area contributed by atoms with Gasteiger partial charge < -0.3 is 10.1 Å². The second-order valence-corrected chi connectivity index (χ2v) is 6.70. The Morgan fingerprint density at radius 3 is 2.60 bits per heavy atom. The molecule has 2 aromatic carbocycles. The summed E-state index contributed by atoms with van der Waals surface area (Å²) < 4.78 is 33.8. The van der Waals surface area contributed by atoms with Gasteiger partial charge in [0, 0.05) is 18.8 Å². The molecular formula is C23H18F2N4O. The number of nitriles is 2. The first-order valence-electron chi connectivity index (χ1n) is 9.13. The quantitative estimate of drug-likeness (QED) is 0.631. The number of anilines is 1. The number of rotatable bonds is 6. The van der Waals surface area contributed by atoms with Crippen molar-refractivity contribution in [1.29, 1.82) is 10.5 Å². The summed E-state index contributed by atoms with van der Waals surface area (Å²) in [5.41, 5.74) is 3.29. The molecule has 0 aliphatic rings. The molecule has 30 heavy (non-hydrogen) atoms. The van der Waals surface area contributed by atoms with Crippen LogP contribution < -0.4 is 10.1 Å². The van der Waals surface area contributed by atoms with Crippen LogP contribution in [0.4, 0.5) is 14.5 Å². The number of hydrogen-bond acceptors (Lipinski definition) is 5. The number of pyridine rings is 1. The van der Waals surface area contributed by atoms with Crippen molar-refractivity contribution in [2.75, 3.05) is 5.32 Å². The van der Waals surface area contributed by atoms with E-state index in [1.165, 1.54) is 0 Å². The zero-order chi connectivity index (χ0) is 21.7. The highest BCUT2D eigenvalue weighted by Gasteiger charge is 2.13. The van der Waals surface area contributed by atoms with E-state index >= 15 is 0 Å². The zero-order valence-corrected chi connectivity index (χ0v) is 16.5. The molecule has 0 radical (unpaired) electrons. The van der Waals surface area contributed by atoms with Crippen molar-refractivity contribution in [3.05, 3.63) is 87.7 Å². The van der Waals surface area contributed by atoms with Crippen molar-refractivity contribution in [2.45, 2.75) is 27.0 Å². The number of aryl methyl sites for hydroxylation is 1. The lowest BCUT2D eigenvalue weighted by Gasteiger charge is -2.16. The summed E-state index contributed by atoms with van der Waals surface area (Å²) in [4.78, 5) is 4.34. The molecule has 0 fully saturated rings. The zero-order valence-electron chi connectivity index (χ0n) is 16.5. The van der Waals surface area contributed by atoms with E-state index in [1.807, 2.05) is 19.9 Å². The van der Waals surface area contributed by atoms with Crippen LogP contribution in [-0.4, -0.2) is 4.98 Å². The van der Waals surface area contributed by atoms with Gasteiger partial charge in [0.2, 0.25) is 0 Å². The van der Waals surface area contributed by atoms with Gasteiger partial charge in [-0.1, -0.05) is 12.1 Å². The molecule has 0 saturated heterocycles. The van der Waals surface area contributed by atoms with E-state index in [-0.39, 0.29) is 24.4 Å². The van der Waals surface area contributed by atoms with Gasteiger partial charge in [-0.25, -0.2) is 8.78 Å². The van der Waals surface area contributed by atoms with Crippen LogP contribution >= 0.6 is 0 Å². The van der Waals surface area contributed by atoms with Crippen LogP contribution in [0, 0.1) is 48.1 Å². The van der Waals surface area contributed by atoms with E-state index < -0.39 is 11.6 Å². The van der Waals surface area contributed by atoms with Crippen molar-refractivity contribution in [3.63, 3.8) is 0 Å². The fourth-order valence-corrected chi connectivity index (χ4v) is 2.98. The Kier molecular flexibility index (Phi) is 6.24. The Hall–Kier alpha value is -3.97. The highest BCUT2D eigenvalue weighted by Crippen LogP contribution is 2.27. The van der Waals surface area contributed by atoms with Crippen molar-refractivity contribution < 1.29 is 13.5 Å². The normalized spacial score (nSPS) is 10.2. The summed E-state index contributed by atoms with van der Waals surface area (Å²) in [5.74, 6) is -0.897. The smallest absolute Gasteiger partial charge is 0.147 e. The molecule has 1 N–H and O–H groups in total. The minimum atomic E-state index is -0.788. The first-order chi connectivity index (χ1) is 14.4. The number of hydrogen-bond donors (Lipinski definition) is 1. The van der Waals surface area contributed by atoms with E-state index in [1.54, 1.807) is 30.5 Å². The minimum Gasteiger partial charge on any atom is -0.487 e. The molecule has 0 unspecified atom stereocenters.